The zero-order chi connectivity index (χ0) is 19.3. The van der Waals surface area contributed by atoms with Crippen molar-refractivity contribution in [3.05, 3.63) is 6.33 Å². The molecule has 1 aliphatic carbocycles. The molecule has 2 N–H and O–H groups in total. The number of anilines is 1. The predicted molar refractivity (Wildman–Crippen MR) is 96.1 cm³/mol. The number of carbonyl (C=O) groups excluding carboxylic acids is 3. The fraction of sp³-hybridized carbons (Fsp3) is 0.706. The van der Waals surface area contributed by atoms with Gasteiger partial charge in [0.25, 0.3) is 0 Å². The molecule has 1 aromatic heterocycles. The monoisotopic (exact) mass is 364 g/mol. The molecular formula is C17H28N6O3. The van der Waals surface area contributed by atoms with E-state index in [1.54, 1.807) is 14.1 Å². The predicted octanol–water partition coefficient (Wildman–Crippen LogP) is 0.636. The summed E-state index contributed by atoms with van der Waals surface area (Å²) in [5.74, 6) is -0.786. The van der Waals surface area contributed by atoms with E-state index in [4.69, 9.17) is 0 Å². The smallest absolute Gasteiger partial charge is 0.316 e. The van der Waals surface area contributed by atoms with Crippen molar-refractivity contribution < 1.29 is 14.4 Å². The molecule has 9 heteroatoms. The Morgan fingerprint density at radius 1 is 1.23 bits per heavy atom. The highest BCUT2D eigenvalue weighted by Crippen LogP contribution is 2.30. The molecule has 0 spiro atoms. The lowest BCUT2D eigenvalue weighted by Gasteiger charge is -2.34. The van der Waals surface area contributed by atoms with Gasteiger partial charge in [0.15, 0.2) is 0 Å². The molecule has 0 aromatic carbocycles. The largest absolute Gasteiger partial charge is 0.347 e. The molecule has 0 saturated heterocycles. The summed E-state index contributed by atoms with van der Waals surface area (Å²) in [6, 6.07) is 0.0187. The molecule has 144 valence electrons. The maximum absolute atomic E-state index is 12.2. The molecule has 9 nitrogen and oxygen atoms in total. The molecule has 1 saturated carbocycles. The summed E-state index contributed by atoms with van der Waals surface area (Å²) in [7, 11) is 3.28. The van der Waals surface area contributed by atoms with Crippen molar-refractivity contribution in [3.8, 4) is 0 Å². The van der Waals surface area contributed by atoms with Gasteiger partial charge < -0.3 is 10.2 Å². The molecule has 26 heavy (non-hydrogen) atoms. The van der Waals surface area contributed by atoms with Gasteiger partial charge in [0.1, 0.15) is 12.9 Å². The van der Waals surface area contributed by atoms with Crippen molar-refractivity contribution in [2.45, 2.75) is 52.1 Å². The van der Waals surface area contributed by atoms with Gasteiger partial charge in [0.05, 0.1) is 0 Å². The second-order valence-corrected chi connectivity index (χ2v) is 7.28. The van der Waals surface area contributed by atoms with Gasteiger partial charge in [0.2, 0.25) is 11.9 Å². The normalized spacial score (nSPS) is 19.9. The maximum atomic E-state index is 12.2. The molecule has 0 aliphatic heterocycles. The minimum atomic E-state index is -0.797. The summed E-state index contributed by atoms with van der Waals surface area (Å²) < 4.78 is 1.31. The number of amides is 3. The molecule has 1 fully saturated rings. The van der Waals surface area contributed by atoms with Gasteiger partial charge in [-0.2, -0.15) is 0 Å². The van der Waals surface area contributed by atoms with Crippen LogP contribution in [0.4, 0.5) is 5.95 Å². The molecule has 1 heterocycles. The van der Waals surface area contributed by atoms with Crippen molar-refractivity contribution >= 4 is 23.7 Å². The van der Waals surface area contributed by atoms with E-state index < -0.39 is 11.8 Å². The van der Waals surface area contributed by atoms with Crippen molar-refractivity contribution in [3.63, 3.8) is 0 Å². The van der Waals surface area contributed by atoms with Gasteiger partial charge >= 0.3 is 11.8 Å². The van der Waals surface area contributed by atoms with Crippen molar-refractivity contribution in [1.82, 2.24) is 25.0 Å². The highest BCUT2D eigenvalue weighted by atomic mass is 16.2. The van der Waals surface area contributed by atoms with E-state index in [0.717, 1.165) is 25.7 Å². The first-order valence-corrected chi connectivity index (χ1v) is 8.99. The molecule has 0 bridgehead atoms. The highest BCUT2D eigenvalue weighted by Gasteiger charge is 2.30. The van der Waals surface area contributed by atoms with Crippen LogP contribution in [0.3, 0.4) is 0 Å². The SMILES string of the molecule is CC(C)[C@H]1CCCC[C@H]1NC(=O)C(=O)Nc1ncn(CC(=O)N(C)C)n1. The molecule has 0 radical (unpaired) electrons. The third-order valence-corrected chi connectivity index (χ3v) is 4.76. The number of hydrogen-bond acceptors (Lipinski definition) is 5. The first-order valence-electron chi connectivity index (χ1n) is 8.99. The Kier molecular flexibility index (Phi) is 6.70. The van der Waals surface area contributed by atoms with E-state index in [-0.39, 0.29) is 24.4 Å². The molecule has 1 aliphatic rings. The Morgan fingerprint density at radius 2 is 1.92 bits per heavy atom. The summed E-state index contributed by atoms with van der Waals surface area (Å²) in [5.41, 5.74) is 0. The van der Waals surface area contributed by atoms with Crippen LogP contribution in [0.5, 0.6) is 0 Å². The molecule has 1 aromatic rings. The summed E-state index contributed by atoms with van der Waals surface area (Å²) in [6.07, 6.45) is 5.51. The number of nitrogens with one attached hydrogen (secondary N) is 2. The third-order valence-electron chi connectivity index (χ3n) is 4.76. The molecular weight excluding hydrogens is 336 g/mol. The van der Waals surface area contributed by atoms with Gasteiger partial charge in [-0.15, -0.1) is 5.10 Å². The highest BCUT2D eigenvalue weighted by molar-refractivity contribution is 6.39. The zero-order valence-electron chi connectivity index (χ0n) is 15.9. The average Bonchev–Trinajstić information content (AvgIpc) is 3.01. The van der Waals surface area contributed by atoms with Gasteiger partial charge in [-0.3, -0.25) is 19.7 Å². The first kappa shape index (κ1) is 19.9. The number of nitrogens with zero attached hydrogens (tertiary/aromatic N) is 4. The summed E-state index contributed by atoms with van der Waals surface area (Å²) in [4.78, 5) is 41.3. The summed E-state index contributed by atoms with van der Waals surface area (Å²) in [6.45, 7) is 4.29. The number of aromatic nitrogens is 3. The van der Waals surface area contributed by atoms with Gasteiger partial charge in [0, 0.05) is 20.1 Å². The van der Waals surface area contributed by atoms with E-state index in [0.29, 0.717) is 11.8 Å². The van der Waals surface area contributed by atoms with E-state index in [1.807, 2.05) is 0 Å². The van der Waals surface area contributed by atoms with Crippen molar-refractivity contribution in [1.29, 1.82) is 0 Å². The summed E-state index contributed by atoms with van der Waals surface area (Å²) >= 11 is 0. The van der Waals surface area contributed by atoms with Crippen LogP contribution in [0.2, 0.25) is 0 Å². The number of rotatable bonds is 5. The Hall–Kier alpha value is -2.45. The third kappa shape index (κ3) is 5.27. The Bertz CT molecular complexity index is 655. The Labute approximate surface area is 153 Å². The Balaban J connectivity index is 1.90. The second-order valence-electron chi connectivity index (χ2n) is 7.28. The van der Waals surface area contributed by atoms with E-state index >= 15 is 0 Å². The first-order chi connectivity index (χ1) is 12.3. The number of carbonyl (C=O) groups is 3. The van der Waals surface area contributed by atoms with Crippen LogP contribution < -0.4 is 10.6 Å². The van der Waals surface area contributed by atoms with Crippen LogP contribution in [0.15, 0.2) is 6.33 Å². The quantitative estimate of drug-likeness (QED) is 0.745. The van der Waals surface area contributed by atoms with Crippen LogP contribution in [0.25, 0.3) is 0 Å². The van der Waals surface area contributed by atoms with Crippen LogP contribution in [0.1, 0.15) is 39.5 Å². The van der Waals surface area contributed by atoms with E-state index in [2.05, 4.69) is 34.6 Å². The molecule has 2 rings (SSSR count). The minimum Gasteiger partial charge on any atom is -0.347 e. The maximum Gasteiger partial charge on any atom is 0.316 e. The van der Waals surface area contributed by atoms with E-state index in [9.17, 15) is 14.4 Å². The van der Waals surface area contributed by atoms with Crippen LogP contribution in [-0.4, -0.2) is 57.5 Å². The van der Waals surface area contributed by atoms with Crippen molar-refractivity contribution in [2.75, 3.05) is 19.4 Å². The van der Waals surface area contributed by atoms with E-state index in [1.165, 1.54) is 15.9 Å². The molecule has 3 amide bonds. The van der Waals surface area contributed by atoms with Crippen LogP contribution in [-0.2, 0) is 20.9 Å². The second kappa shape index (κ2) is 8.77. The zero-order valence-corrected chi connectivity index (χ0v) is 15.9. The van der Waals surface area contributed by atoms with Gasteiger partial charge in [-0.25, -0.2) is 9.67 Å². The van der Waals surface area contributed by atoms with Gasteiger partial charge in [-0.1, -0.05) is 26.7 Å². The summed E-state index contributed by atoms with van der Waals surface area (Å²) in [5, 5.41) is 9.22. The molecule has 0 unspecified atom stereocenters. The average molecular weight is 364 g/mol. The fourth-order valence-electron chi connectivity index (χ4n) is 3.24. The lowest BCUT2D eigenvalue weighted by molar-refractivity contribution is -0.137. The van der Waals surface area contributed by atoms with Crippen molar-refractivity contribution in [2.24, 2.45) is 11.8 Å². The topological polar surface area (TPSA) is 109 Å². The lowest BCUT2D eigenvalue weighted by Crippen LogP contribution is -2.47. The Morgan fingerprint density at radius 3 is 2.58 bits per heavy atom. The molecule has 2 atom stereocenters. The number of likely N-dealkylation sites (N-methyl/N-ethyl adjacent to an activating group) is 1. The van der Waals surface area contributed by atoms with Gasteiger partial charge in [-0.05, 0) is 24.7 Å². The standard InChI is InChI=1S/C17H28N6O3/c1-11(2)12-7-5-6-8-13(12)19-15(25)16(26)20-17-18-10-23(21-17)9-14(24)22(3)4/h10-13H,5-9H2,1-4H3,(H,19,25)(H,20,21,26)/t12-,13-/m1/s1. The minimum absolute atomic E-state index is 0.000704. The van der Waals surface area contributed by atoms with Crippen LogP contribution in [0, 0.1) is 11.8 Å². The fourth-order valence-corrected chi connectivity index (χ4v) is 3.24. The number of hydrogen-bond donors (Lipinski definition) is 2. The van der Waals surface area contributed by atoms with Crippen LogP contribution >= 0.6 is 0 Å². The lowest BCUT2D eigenvalue weighted by atomic mass is 9.78.